The van der Waals surface area contributed by atoms with Crippen molar-refractivity contribution in [1.82, 2.24) is 9.78 Å². The van der Waals surface area contributed by atoms with Crippen molar-refractivity contribution in [2.45, 2.75) is 0 Å². The predicted octanol–water partition coefficient (Wildman–Crippen LogP) is 2.91. The number of nitrogens with zero attached hydrogens (tertiary/aromatic N) is 2. The predicted molar refractivity (Wildman–Crippen MR) is 88.9 cm³/mol. The average Bonchev–Trinajstić information content (AvgIpc) is 3.02. The van der Waals surface area contributed by atoms with Crippen LogP contribution in [0.2, 0.25) is 0 Å². The van der Waals surface area contributed by atoms with Crippen LogP contribution in [0.5, 0.6) is 0 Å². The molecule has 3 rings (SSSR count). The standard InChI is InChI=1S/C18H12F3N3O3/c19-10-4-6-11(7-5-10)24-17(22)12(8-23-24)18(26)27-9-15(25)16-13(20)2-1-3-14(16)21/h1-8H,9,22H2. The number of benzene rings is 2. The van der Waals surface area contributed by atoms with Crippen LogP contribution in [0.1, 0.15) is 20.7 Å². The fraction of sp³-hybridized carbons (Fsp3) is 0.0556. The fourth-order valence-electron chi connectivity index (χ4n) is 2.35. The number of rotatable bonds is 5. The molecule has 0 unspecified atom stereocenters. The summed E-state index contributed by atoms with van der Waals surface area (Å²) in [6.45, 7) is -0.877. The maximum absolute atomic E-state index is 13.6. The molecule has 9 heteroatoms. The van der Waals surface area contributed by atoms with E-state index in [9.17, 15) is 22.8 Å². The molecule has 0 saturated heterocycles. The summed E-state index contributed by atoms with van der Waals surface area (Å²) in [7, 11) is 0. The van der Waals surface area contributed by atoms with E-state index in [0.29, 0.717) is 5.69 Å². The van der Waals surface area contributed by atoms with Gasteiger partial charge < -0.3 is 10.5 Å². The van der Waals surface area contributed by atoms with Crippen LogP contribution in [0.4, 0.5) is 19.0 Å². The number of anilines is 1. The Morgan fingerprint density at radius 2 is 1.67 bits per heavy atom. The SMILES string of the molecule is Nc1c(C(=O)OCC(=O)c2c(F)cccc2F)cnn1-c1ccc(F)cc1. The second-order valence-electron chi connectivity index (χ2n) is 5.43. The third kappa shape index (κ3) is 3.66. The van der Waals surface area contributed by atoms with Gasteiger partial charge in [-0.15, -0.1) is 0 Å². The number of hydrogen-bond acceptors (Lipinski definition) is 5. The van der Waals surface area contributed by atoms with Crippen LogP contribution in [0.3, 0.4) is 0 Å². The maximum atomic E-state index is 13.6. The zero-order valence-electron chi connectivity index (χ0n) is 13.7. The van der Waals surface area contributed by atoms with Crippen LogP contribution in [-0.2, 0) is 4.74 Å². The molecule has 1 heterocycles. The highest BCUT2D eigenvalue weighted by Gasteiger charge is 2.22. The van der Waals surface area contributed by atoms with Crippen molar-refractivity contribution in [2.75, 3.05) is 12.3 Å². The average molecular weight is 375 g/mol. The highest BCUT2D eigenvalue weighted by molar-refractivity contribution is 6.00. The molecule has 138 valence electrons. The second kappa shape index (κ2) is 7.32. The van der Waals surface area contributed by atoms with Crippen LogP contribution in [-0.4, -0.2) is 28.1 Å². The lowest BCUT2D eigenvalue weighted by atomic mass is 10.1. The molecule has 1 aromatic heterocycles. The number of ether oxygens (including phenoxy) is 1. The Kier molecular flexibility index (Phi) is 4.93. The first-order valence-corrected chi connectivity index (χ1v) is 7.62. The number of carbonyl (C=O) groups excluding carboxylic acids is 2. The number of Topliss-reactive ketones (excluding diaryl/α,β-unsaturated/α-hetero) is 1. The van der Waals surface area contributed by atoms with E-state index in [2.05, 4.69) is 5.10 Å². The van der Waals surface area contributed by atoms with Gasteiger partial charge in [-0.2, -0.15) is 5.10 Å². The Labute approximate surface area is 151 Å². The van der Waals surface area contributed by atoms with Gasteiger partial charge >= 0.3 is 5.97 Å². The first-order valence-electron chi connectivity index (χ1n) is 7.62. The summed E-state index contributed by atoms with van der Waals surface area (Å²) in [5.41, 5.74) is 5.30. The van der Waals surface area contributed by atoms with Gasteiger partial charge in [0.1, 0.15) is 28.8 Å². The molecular weight excluding hydrogens is 363 g/mol. The number of nitrogen functional groups attached to an aromatic ring is 1. The molecule has 2 N–H and O–H groups in total. The van der Waals surface area contributed by atoms with Gasteiger partial charge in [0.2, 0.25) is 5.78 Å². The van der Waals surface area contributed by atoms with Crippen LogP contribution >= 0.6 is 0 Å². The molecule has 0 atom stereocenters. The topological polar surface area (TPSA) is 87.2 Å². The molecule has 0 fully saturated rings. The molecule has 27 heavy (non-hydrogen) atoms. The number of ketones is 1. The summed E-state index contributed by atoms with van der Waals surface area (Å²) >= 11 is 0. The highest BCUT2D eigenvalue weighted by Crippen LogP contribution is 2.19. The Morgan fingerprint density at radius 1 is 1.04 bits per heavy atom. The monoisotopic (exact) mass is 375 g/mol. The summed E-state index contributed by atoms with van der Waals surface area (Å²) in [5, 5.41) is 3.91. The van der Waals surface area contributed by atoms with Gasteiger partial charge in [-0.1, -0.05) is 6.07 Å². The van der Waals surface area contributed by atoms with E-state index in [-0.39, 0.29) is 11.4 Å². The van der Waals surface area contributed by atoms with Gasteiger partial charge in [0.25, 0.3) is 0 Å². The molecule has 0 aliphatic rings. The first-order chi connectivity index (χ1) is 12.9. The molecule has 0 bridgehead atoms. The molecule has 0 aliphatic carbocycles. The number of halogens is 3. The molecule has 0 amide bonds. The largest absolute Gasteiger partial charge is 0.454 e. The Balaban J connectivity index is 1.74. The summed E-state index contributed by atoms with van der Waals surface area (Å²) in [4.78, 5) is 24.0. The van der Waals surface area contributed by atoms with Crippen molar-refractivity contribution < 1.29 is 27.5 Å². The molecule has 3 aromatic rings. The van der Waals surface area contributed by atoms with Crippen LogP contribution in [0.25, 0.3) is 5.69 Å². The van der Waals surface area contributed by atoms with Crippen molar-refractivity contribution in [1.29, 1.82) is 0 Å². The zero-order valence-corrected chi connectivity index (χ0v) is 13.7. The van der Waals surface area contributed by atoms with E-state index in [1.807, 2.05) is 0 Å². The van der Waals surface area contributed by atoms with Gasteiger partial charge in [0.15, 0.2) is 6.61 Å². The lowest BCUT2D eigenvalue weighted by molar-refractivity contribution is 0.0473. The number of nitrogens with two attached hydrogens (primary N) is 1. The van der Waals surface area contributed by atoms with Crippen molar-refractivity contribution >= 4 is 17.6 Å². The van der Waals surface area contributed by atoms with Crippen LogP contribution in [0, 0.1) is 17.5 Å². The minimum Gasteiger partial charge on any atom is -0.454 e. The minimum atomic E-state index is -1.06. The quantitative estimate of drug-likeness (QED) is 0.547. The summed E-state index contributed by atoms with van der Waals surface area (Å²) in [6.07, 6.45) is 1.11. The van der Waals surface area contributed by atoms with Crippen LogP contribution in [0.15, 0.2) is 48.7 Å². The third-order valence-corrected chi connectivity index (χ3v) is 3.67. The van der Waals surface area contributed by atoms with Crippen molar-refractivity contribution in [2.24, 2.45) is 0 Å². The smallest absolute Gasteiger partial charge is 0.344 e. The molecule has 2 aromatic carbocycles. The summed E-state index contributed by atoms with van der Waals surface area (Å²) in [5.74, 6) is -4.70. The van der Waals surface area contributed by atoms with Crippen LogP contribution < -0.4 is 5.73 Å². The van der Waals surface area contributed by atoms with Gasteiger partial charge in [-0.05, 0) is 36.4 Å². The Morgan fingerprint density at radius 3 is 2.30 bits per heavy atom. The summed E-state index contributed by atoms with van der Waals surface area (Å²) in [6, 6.07) is 8.13. The maximum Gasteiger partial charge on any atom is 0.344 e. The van der Waals surface area contributed by atoms with E-state index in [0.717, 1.165) is 24.4 Å². The lowest BCUT2D eigenvalue weighted by Gasteiger charge is -2.07. The molecule has 6 nitrogen and oxygen atoms in total. The van der Waals surface area contributed by atoms with E-state index in [1.165, 1.54) is 28.9 Å². The van der Waals surface area contributed by atoms with Gasteiger partial charge in [0, 0.05) is 0 Å². The fourth-order valence-corrected chi connectivity index (χ4v) is 2.35. The van der Waals surface area contributed by atoms with Gasteiger partial charge in [-0.3, -0.25) is 4.79 Å². The molecule has 0 spiro atoms. The van der Waals surface area contributed by atoms with E-state index in [4.69, 9.17) is 10.5 Å². The summed E-state index contributed by atoms with van der Waals surface area (Å²) < 4.78 is 46.1. The van der Waals surface area contributed by atoms with E-state index >= 15 is 0 Å². The van der Waals surface area contributed by atoms with Crippen molar-refractivity contribution in [3.63, 3.8) is 0 Å². The van der Waals surface area contributed by atoms with E-state index < -0.39 is 41.4 Å². The highest BCUT2D eigenvalue weighted by atomic mass is 19.1. The van der Waals surface area contributed by atoms with Gasteiger partial charge in [0.05, 0.1) is 17.4 Å². The Bertz CT molecular complexity index is 996. The number of aromatic nitrogens is 2. The first kappa shape index (κ1) is 18.2. The zero-order chi connectivity index (χ0) is 19.6. The molecule has 0 aliphatic heterocycles. The minimum absolute atomic E-state index is 0.101. The normalized spacial score (nSPS) is 10.6. The van der Waals surface area contributed by atoms with Gasteiger partial charge in [-0.25, -0.2) is 22.6 Å². The van der Waals surface area contributed by atoms with Crippen molar-refractivity contribution in [3.05, 3.63) is 77.2 Å². The molecule has 0 radical (unpaired) electrons. The number of hydrogen-bond donors (Lipinski definition) is 1. The lowest BCUT2D eigenvalue weighted by Crippen LogP contribution is -2.17. The molecule has 0 saturated carbocycles. The van der Waals surface area contributed by atoms with E-state index in [1.54, 1.807) is 0 Å². The van der Waals surface area contributed by atoms with Crippen molar-refractivity contribution in [3.8, 4) is 5.69 Å². The number of esters is 1. The number of carbonyl (C=O) groups is 2. The Hall–Kier alpha value is -3.62. The molecular formula is C18H12F3N3O3. The second-order valence-corrected chi connectivity index (χ2v) is 5.43. The third-order valence-electron chi connectivity index (χ3n) is 3.67.